The summed E-state index contributed by atoms with van der Waals surface area (Å²) in [6.45, 7) is 4.25. The van der Waals surface area contributed by atoms with Gasteiger partial charge in [-0.1, -0.05) is 30.7 Å². The van der Waals surface area contributed by atoms with Gasteiger partial charge in [0.2, 0.25) is 0 Å². The van der Waals surface area contributed by atoms with Crippen LogP contribution < -0.4 is 10.2 Å². The van der Waals surface area contributed by atoms with Gasteiger partial charge in [-0.25, -0.2) is 0 Å². The highest BCUT2D eigenvalue weighted by Gasteiger charge is 2.25. The number of aryl methyl sites for hydroxylation is 1. The van der Waals surface area contributed by atoms with Crippen LogP contribution >= 0.6 is 23.8 Å². The van der Waals surface area contributed by atoms with Crippen LogP contribution in [0.1, 0.15) is 22.8 Å². The van der Waals surface area contributed by atoms with E-state index in [0.717, 1.165) is 12.0 Å². The molecule has 0 aromatic heterocycles. The number of nitro groups is 1. The molecule has 1 aliphatic rings. The lowest BCUT2D eigenvalue weighted by Gasteiger charge is -2.37. The molecule has 3 rings (SSSR count). The number of amides is 1. The number of carbonyl (C=O) groups excluding carboxylic acids is 1. The molecule has 1 amide bonds. The van der Waals surface area contributed by atoms with Crippen molar-refractivity contribution in [3.8, 4) is 0 Å². The first-order chi connectivity index (χ1) is 13.9. The first-order valence-electron chi connectivity index (χ1n) is 9.27. The lowest BCUT2D eigenvalue weighted by atomic mass is 10.1. The topological polar surface area (TPSA) is 78.7 Å². The summed E-state index contributed by atoms with van der Waals surface area (Å²) in [5, 5.41) is 14.8. The molecule has 7 nitrogen and oxygen atoms in total. The van der Waals surface area contributed by atoms with Crippen molar-refractivity contribution >= 4 is 46.2 Å². The molecular formula is C20H21ClN4O3S. The van der Waals surface area contributed by atoms with E-state index in [2.05, 4.69) is 12.2 Å². The van der Waals surface area contributed by atoms with Crippen molar-refractivity contribution < 1.29 is 9.72 Å². The maximum Gasteiger partial charge on any atom is 0.294 e. The molecule has 1 saturated heterocycles. The molecule has 1 fully saturated rings. The van der Waals surface area contributed by atoms with Gasteiger partial charge in [0.1, 0.15) is 5.69 Å². The Morgan fingerprint density at radius 1 is 1.17 bits per heavy atom. The smallest absolute Gasteiger partial charge is 0.294 e. The fourth-order valence-corrected chi connectivity index (χ4v) is 3.64. The van der Waals surface area contributed by atoms with E-state index in [0.29, 0.717) is 47.6 Å². The van der Waals surface area contributed by atoms with Crippen LogP contribution in [0.2, 0.25) is 5.02 Å². The van der Waals surface area contributed by atoms with Gasteiger partial charge in [0.05, 0.1) is 4.92 Å². The predicted molar refractivity (Wildman–Crippen MR) is 118 cm³/mol. The van der Waals surface area contributed by atoms with Gasteiger partial charge in [-0.05, 0) is 48.5 Å². The molecule has 0 aliphatic carbocycles. The number of nitrogens with one attached hydrogen (secondary N) is 1. The van der Waals surface area contributed by atoms with Crippen molar-refractivity contribution in [3.63, 3.8) is 0 Å². The Morgan fingerprint density at radius 3 is 2.41 bits per heavy atom. The molecule has 0 radical (unpaired) electrons. The number of anilines is 1. The number of hydrogen-bond donors (Lipinski definition) is 1. The summed E-state index contributed by atoms with van der Waals surface area (Å²) in [5.41, 5.74) is 2.24. The highest BCUT2D eigenvalue weighted by Crippen LogP contribution is 2.31. The summed E-state index contributed by atoms with van der Waals surface area (Å²) in [5.74, 6) is -0.242. The van der Waals surface area contributed by atoms with Crippen molar-refractivity contribution in [2.75, 3.05) is 31.1 Å². The van der Waals surface area contributed by atoms with Gasteiger partial charge in [0, 0.05) is 42.8 Å². The fraction of sp³-hybridized carbons (Fsp3) is 0.300. The molecule has 2 aromatic carbocycles. The number of hydrogen-bond acceptors (Lipinski definition) is 5. The van der Waals surface area contributed by atoms with Gasteiger partial charge in [-0.2, -0.15) is 0 Å². The lowest BCUT2D eigenvalue weighted by molar-refractivity contribution is -0.384. The highest BCUT2D eigenvalue weighted by molar-refractivity contribution is 7.80. The lowest BCUT2D eigenvalue weighted by Crippen LogP contribution is -2.52. The summed E-state index contributed by atoms with van der Waals surface area (Å²) in [6, 6.07) is 12.1. The number of piperazine rings is 1. The zero-order chi connectivity index (χ0) is 21.0. The Hall–Kier alpha value is -2.71. The third-order valence-electron chi connectivity index (χ3n) is 4.89. The van der Waals surface area contributed by atoms with Crippen molar-refractivity contribution in [1.29, 1.82) is 0 Å². The third kappa shape index (κ3) is 5.02. The summed E-state index contributed by atoms with van der Waals surface area (Å²) in [7, 11) is 0. The summed E-state index contributed by atoms with van der Waals surface area (Å²) < 4.78 is 0. The Bertz CT molecular complexity index is 928. The first-order valence-corrected chi connectivity index (χ1v) is 10.1. The molecule has 0 unspecified atom stereocenters. The van der Waals surface area contributed by atoms with Gasteiger partial charge in [0.25, 0.3) is 11.6 Å². The van der Waals surface area contributed by atoms with E-state index in [1.165, 1.54) is 6.07 Å². The monoisotopic (exact) mass is 432 g/mol. The number of nitro benzene ring substituents is 1. The maximum absolute atomic E-state index is 12.4. The quantitative estimate of drug-likeness (QED) is 0.451. The van der Waals surface area contributed by atoms with Crippen LogP contribution in [-0.4, -0.2) is 47.0 Å². The minimum Gasteiger partial charge on any atom is -0.362 e. The van der Waals surface area contributed by atoms with Crippen LogP contribution in [0.4, 0.5) is 11.4 Å². The van der Waals surface area contributed by atoms with Gasteiger partial charge < -0.3 is 9.80 Å². The summed E-state index contributed by atoms with van der Waals surface area (Å²) in [4.78, 5) is 27.1. The zero-order valence-electron chi connectivity index (χ0n) is 15.9. The van der Waals surface area contributed by atoms with Crippen LogP contribution in [0.25, 0.3) is 0 Å². The molecule has 0 atom stereocenters. The van der Waals surface area contributed by atoms with E-state index in [1.807, 2.05) is 21.9 Å². The zero-order valence-corrected chi connectivity index (χ0v) is 17.5. The van der Waals surface area contributed by atoms with E-state index >= 15 is 0 Å². The van der Waals surface area contributed by atoms with Crippen LogP contribution in [-0.2, 0) is 6.42 Å². The molecule has 1 heterocycles. The average molecular weight is 433 g/mol. The molecule has 9 heteroatoms. The average Bonchev–Trinajstić information content (AvgIpc) is 2.73. The second-order valence-electron chi connectivity index (χ2n) is 6.67. The third-order valence-corrected chi connectivity index (χ3v) is 5.48. The van der Waals surface area contributed by atoms with Crippen LogP contribution in [0, 0.1) is 10.1 Å². The minimum absolute atomic E-state index is 0.0163. The van der Waals surface area contributed by atoms with Crippen molar-refractivity contribution in [2.24, 2.45) is 0 Å². The van der Waals surface area contributed by atoms with Crippen molar-refractivity contribution in [3.05, 3.63) is 68.7 Å². The first kappa shape index (κ1) is 21.0. The largest absolute Gasteiger partial charge is 0.362 e. The van der Waals surface area contributed by atoms with Gasteiger partial charge in [-0.15, -0.1) is 0 Å². The normalized spacial score (nSPS) is 13.9. The summed E-state index contributed by atoms with van der Waals surface area (Å²) in [6.07, 6.45) is 0.913. The number of rotatable bonds is 4. The SMILES string of the molecule is CCc1ccc(C(=O)NC(=S)N2CCN(c3ccc(Cl)cc3[N+](=O)[O-])CC2)cc1. The van der Waals surface area contributed by atoms with Crippen LogP contribution in [0.3, 0.4) is 0 Å². The van der Waals surface area contributed by atoms with Crippen LogP contribution in [0.5, 0.6) is 0 Å². The van der Waals surface area contributed by atoms with E-state index in [-0.39, 0.29) is 11.6 Å². The Kier molecular flexibility index (Phi) is 6.66. The standard InChI is InChI=1S/C20H21ClN4O3S/c1-2-14-3-5-15(6-4-14)19(26)22-20(29)24-11-9-23(10-12-24)17-8-7-16(21)13-18(17)25(27)28/h3-8,13H,2,9-12H2,1H3,(H,22,26,29). The second kappa shape index (κ2) is 9.19. The van der Waals surface area contributed by atoms with E-state index in [9.17, 15) is 14.9 Å². The molecule has 29 heavy (non-hydrogen) atoms. The van der Waals surface area contributed by atoms with Gasteiger partial charge >= 0.3 is 0 Å². The summed E-state index contributed by atoms with van der Waals surface area (Å²) >= 11 is 11.3. The second-order valence-corrected chi connectivity index (χ2v) is 7.50. The van der Waals surface area contributed by atoms with Gasteiger partial charge in [-0.3, -0.25) is 20.2 Å². The number of nitrogens with zero attached hydrogens (tertiary/aromatic N) is 3. The highest BCUT2D eigenvalue weighted by atomic mass is 35.5. The molecule has 1 aliphatic heterocycles. The Morgan fingerprint density at radius 2 is 1.83 bits per heavy atom. The molecule has 2 aromatic rings. The van der Waals surface area contributed by atoms with E-state index < -0.39 is 4.92 Å². The predicted octanol–water partition coefficient (Wildman–Crippen LogP) is 3.65. The number of thiocarbonyl (C=S) groups is 1. The van der Waals surface area contributed by atoms with E-state index in [1.54, 1.807) is 24.3 Å². The van der Waals surface area contributed by atoms with Crippen molar-refractivity contribution in [2.45, 2.75) is 13.3 Å². The van der Waals surface area contributed by atoms with Crippen molar-refractivity contribution in [1.82, 2.24) is 10.2 Å². The van der Waals surface area contributed by atoms with Crippen LogP contribution in [0.15, 0.2) is 42.5 Å². The number of carbonyl (C=O) groups is 1. The number of halogens is 1. The van der Waals surface area contributed by atoms with E-state index in [4.69, 9.17) is 23.8 Å². The van der Waals surface area contributed by atoms with Gasteiger partial charge in [0.15, 0.2) is 5.11 Å². The maximum atomic E-state index is 12.4. The molecule has 0 bridgehead atoms. The molecule has 0 saturated carbocycles. The Labute approximate surface area is 179 Å². The minimum atomic E-state index is -0.428. The molecular weight excluding hydrogens is 412 g/mol. The molecule has 1 N–H and O–H groups in total. The molecule has 152 valence electrons. The fourth-order valence-electron chi connectivity index (χ4n) is 3.20. The number of benzene rings is 2. The Balaban J connectivity index is 1.59. The molecule has 0 spiro atoms.